The molecule has 20 heavy (non-hydrogen) atoms. The van der Waals surface area contributed by atoms with E-state index in [2.05, 4.69) is 23.6 Å². The van der Waals surface area contributed by atoms with Gasteiger partial charge in [0.15, 0.2) is 0 Å². The smallest absolute Gasteiger partial charge is 0.0606 e. The van der Waals surface area contributed by atoms with E-state index in [-0.39, 0.29) is 18.8 Å². The standard InChI is InChI=1S/C15H22N2O2S/c1-15(16)4-2-14(17(5-7-18)6-8-19)13(10-15)12-3-9-20-11-12/h2-3,9-11,18-19H,4-8,16H2,1H3. The molecule has 1 aliphatic carbocycles. The van der Waals surface area contributed by atoms with Crippen molar-refractivity contribution in [3.63, 3.8) is 0 Å². The van der Waals surface area contributed by atoms with Crippen molar-refractivity contribution in [3.05, 3.63) is 40.2 Å². The molecule has 4 nitrogen and oxygen atoms in total. The SMILES string of the molecule is CC1(N)C=C(c2ccsc2)C(N(CCO)CCO)=CC1. The van der Waals surface area contributed by atoms with Crippen LogP contribution in [0.3, 0.4) is 0 Å². The Kier molecular flexibility index (Phi) is 4.99. The number of nitrogens with two attached hydrogens (primary N) is 1. The van der Waals surface area contributed by atoms with Gasteiger partial charge in [-0.3, -0.25) is 0 Å². The monoisotopic (exact) mass is 294 g/mol. The van der Waals surface area contributed by atoms with Gasteiger partial charge in [0.2, 0.25) is 0 Å². The largest absolute Gasteiger partial charge is 0.395 e. The Bertz CT molecular complexity index is 486. The molecule has 1 aromatic rings. The summed E-state index contributed by atoms with van der Waals surface area (Å²) < 4.78 is 0. The molecule has 0 aliphatic heterocycles. The molecule has 5 heteroatoms. The van der Waals surface area contributed by atoms with E-state index in [0.717, 1.165) is 23.3 Å². The van der Waals surface area contributed by atoms with Crippen LogP contribution in [0.5, 0.6) is 0 Å². The van der Waals surface area contributed by atoms with Gasteiger partial charge in [0.1, 0.15) is 0 Å². The Morgan fingerprint density at radius 2 is 2.05 bits per heavy atom. The number of nitrogens with zero attached hydrogens (tertiary/aromatic N) is 1. The van der Waals surface area contributed by atoms with Gasteiger partial charge in [0, 0.05) is 29.9 Å². The first-order valence-electron chi connectivity index (χ1n) is 6.79. The van der Waals surface area contributed by atoms with Crippen molar-refractivity contribution in [2.75, 3.05) is 26.3 Å². The van der Waals surface area contributed by atoms with Crippen LogP contribution >= 0.6 is 11.3 Å². The summed E-state index contributed by atoms with van der Waals surface area (Å²) in [5.41, 5.74) is 9.17. The number of allylic oxidation sites excluding steroid dienone is 1. The molecule has 110 valence electrons. The van der Waals surface area contributed by atoms with Gasteiger partial charge in [-0.15, -0.1) is 0 Å². The highest BCUT2D eigenvalue weighted by molar-refractivity contribution is 7.08. The minimum Gasteiger partial charge on any atom is -0.395 e. The van der Waals surface area contributed by atoms with Gasteiger partial charge in [-0.25, -0.2) is 0 Å². The van der Waals surface area contributed by atoms with Crippen LogP contribution in [-0.2, 0) is 0 Å². The van der Waals surface area contributed by atoms with Crippen molar-refractivity contribution in [2.24, 2.45) is 5.73 Å². The Labute approximate surface area is 123 Å². The third-order valence-electron chi connectivity index (χ3n) is 3.40. The zero-order valence-corrected chi connectivity index (χ0v) is 12.6. The van der Waals surface area contributed by atoms with Crippen molar-refractivity contribution >= 4 is 16.9 Å². The molecular weight excluding hydrogens is 272 g/mol. The van der Waals surface area contributed by atoms with Crippen molar-refractivity contribution in [1.29, 1.82) is 0 Å². The van der Waals surface area contributed by atoms with Crippen molar-refractivity contribution < 1.29 is 10.2 Å². The molecule has 4 N–H and O–H groups in total. The van der Waals surface area contributed by atoms with E-state index in [4.69, 9.17) is 5.73 Å². The number of aliphatic hydroxyl groups is 2. The number of aliphatic hydroxyl groups excluding tert-OH is 2. The van der Waals surface area contributed by atoms with Crippen LogP contribution in [0.1, 0.15) is 18.9 Å². The van der Waals surface area contributed by atoms with Gasteiger partial charge in [-0.1, -0.05) is 12.2 Å². The summed E-state index contributed by atoms with van der Waals surface area (Å²) in [5, 5.41) is 22.6. The van der Waals surface area contributed by atoms with E-state index in [1.807, 2.05) is 17.2 Å². The highest BCUT2D eigenvalue weighted by Crippen LogP contribution is 2.34. The van der Waals surface area contributed by atoms with Crippen molar-refractivity contribution in [3.8, 4) is 0 Å². The number of rotatable bonds is 6. The second kappa shape index (κ2) is 6.54. The minimum absolute atomic E-state index is 0.0636. The molecule has 0 spiro atoms. The molecule has 0 bridgehead atoms. The summed E-state index contributed by atoms with van der Waals surface area (Å²) in [4.78, 5) is 2.01. The fraction of sp³-hybridized carbons (Fsp3) is 0.467. The maximum atomic E-state index is 9.22. The quantitative estimate of drug-likeness (QED) is 0.742. The van der Waals surface area contributed by atoms with Crippen LogP contribution in [0.4, 0.5) is 0 Å². The lowest BCUT2D eigenvalue weighted by atomic mass is 9.86. The molecule has 1 atom stereocenters. The van der Waals surface area contributed by atoms with Gasteiger partial charge in [-0.2, -0.15) is 11.3 Å². The lowest BCUT2D eigenvalue weighted by Crippen LogP contribution is -2.38. The molecule has 1 aromatic heterocycles. The zero-order valence-electron chi connectivity index (χ0n) is 11.7. The molecule has 1 unspecified atom stereocenters. The fourth-order valence-corrected chi connectivity index (χ4v) is 3.09. The topological polar surface area (TPSA) is 69.7 Å². The van der Waals surface area contributed by atoms with Gasteiger partial charge in [0.25, 0.3) is 0 Å². The molecule has 0 fully saturated rings. The second-order valence-electron chi connectivity index (χ2n) is 5.30. The normalized spacial score (nSPS) is 22.4. The van der Waals surface area contributed by atoms with Crippen LogP contribution in [-0.4, -0.2) is 47.0 Å². The number of hydrogen-bond donors (Lipinski definition) is 3. The fourth-order valence-electron chi connectivity index (χ4n) is 2.43. The van der Waals surface area contributed by atoms with E-state index in [1.165, 1.54) is 0 Å². The summed E-state index contributed by atoms with van der Waals surface area (Å²) in [6, 6.07) is 2.07. The van der Waals surface area contributed by atoms with Crippen LogP contribution in [0.25, 0.3) is 5.57 Å². The second-order valence-corrected chi connectivity index (χ2v) is 6.08. The first kappa shape index (κ1) is 15.3. The molecule has 0 aromatic carbocycles. The van der Waals surface area contributed by atoms with E-state index in [0.29, 0.717) is 13.1 Å². The summed E-state index contributed by atoms with van der Waals surface area (Å²) in [7, 11) is 0. The Morgan fingerprint density at radius 3 is 2.60 bits per heavy atom. The van der Waals surface area contributed by atoms with Crippen molar-refractivity contribution in [2.45, 2.75) is 18.9 Å². The van der Waals surface area contributed by atoms with Crippen molar-refractivity contribution in [1.82, 2.24) is 4.90 Å². The maximum Gasteiger partial charge on any atom is 0.0606 e. The predicted octanol–water partition coefficient (Wildman–Crippen LogP) is 1.42. The molecule has 0 saturated carbocycles. The van der Waals surface area contributed by atoms with Gasteiger partial charge < -0.3 is 20.8 Å². The Morgan fingerprint density at radius 1 is 1.35 bits per heavy atom. The van der Waals surface area contributed by atoms with Gasteiger partial charge in [-0.05, 0) is 35.7 Å². The number of hydrogen-bond acceptors (Lipinski definition) is 5. The van der Waals surface area contributed by atoms with Crippen LogP contribution in [0.15, 0.2) is 34.7 Å². The molecule has 2 rings (SSSR count). The predicted molar refractivity (Wildman–Crippen MR) is 83.3 cm³/mol. The van der Waals surface area contributed by atoms with E-state index < -0.39 is 0 Å². The zero-order chi connectivity index (χ0) is 14.6. The highest BCUT2D eigenvalue weighted by atomic mass is 32.1. The lowest BCUT2D eigenvalue weighted by Gasteiger charge is -2.34. The van der Waals surface area contributed by atoms with E-state index >= 15 is 0 Å². The summed E-state index contributed by atoms with van der Waals surface area (Å²) in [5.74, 6) is 0. The molecule has 0 amide bonds. The Balaban J connectivity index is 2.35. The van der Waals surface area contributed by atoms with E-state index in [1.54, 1.807) is 11.3 Å². The first-order valence-corrected chi connectivity index (χ1v) is 7.73. The number of thiophene rings is 1. The highest BCUT2D eigenvalue weighted by Gasteiger charge is 2.25. The average Bonchev–Trinajstić information content (AvgIpc) is 2.91. The first-order chi connectivity index (χ1) is 9.57. The molecular formula is C15H22N2O2S. The Hall–Kier alpha value is -1.14. The van der Waals surface area contributed by atoms with E-state index in [9.17, 15) is 10.2 Å². The summed E-state index contributed by atoms with van der Waals surface area (Å²) in [6.45, 7) is 3.15. The lowest BCUT2D eigenvalue weighted by molar-refractivity contribution is 0.192. The maximum absolute atomic E-state index is 9.22. The molecule has 0 saturated heterocycles. The molecule has 1 aliphatic rings. The average molecular weight is 294 g/mol. The third-order valence-corrected chi connectivity index (χ3v) is 4.08. The van der Waals surface area contributed by atoms with Gasteiger partial charge >= 0.3 is 0 Å². The molecule has 1 heterocycles. The molecule has 0 radical (unpaired) electrons. The minimum atomic E-state index is -0.356. The van der Waals surface area contributed by atoms with Crippen LogP contribution in [0.2, 0.25) is 0 Å². The summed E-state index contributed by atoms with van der Waals surface area (Å²) >= 11 is 1.65. The van der Waals surface area contributed by atoms with Crippen LogP contribution < -0.4 is 5.73 Å². The van der Waals surface area contributed by atoms with Gasteiger partial charge in [0.05, 0.1) is 13.2 Å². The summed E-state index contributed by atoms with van der Waals surface area (Å²) in [6.07, 6.45) is 4.95. The van der Waals surface area contributed by atoms with Crippen LogP contribution in [0, 0.1) is 0 Å². The third kappa shape index (κ3) is 3.49.